The fourth-order valence-electron chi connectivity index (χ4n) is 1.45. The number of pyridine rings is 1. The van der Waals surface area contributed by atoms with E-state index in [1.165, 1.54) is 0 Å². The molecular weight excluding hydrogens is 308 g/mol. The molecule has 0 aliphatic rings. The molecule has 0 saturated heterocycles. The van der Waals surface area contributed by atoms with Crippen LogP contribution in [0.4, 0.5) is 0 Å². The van der Waals surface area contributed by atoms with E-state index in [1.54, 1.807) is 0 Å². The predicted molar refractivity (Wildman–Crippen MR) is 64.7 cm³/mol. The second-order valence-corrected chi connectivity index (χ2v) is 5.18. The van der Waals surface area contributed by atoms with Crippen molar-refractivity contribution < 1.29 is 0 Å². The maximum Gasteiger partial charge on any atom is 0.132 e. The minimum absolute atomic E-state index is 0.426. The fourth-order valence-corrected chi connectivity index (χ4v) is 2.27. The molecular formula is C10H10Br2N2. The molecule has 2 aromatic rings. The van der Waals surface area contributed by atoms with Crippen molar-refractivity contribution in [3.63, 3.8) is 0 Å². The monoisotopic (exact) mass is 316 g/mol. The molecule has 0 radical (unpaired) electrons. The van der Waals surface area contributed by atoms with E-state index in [2.05, 4.69) is 61.2 Å². The minimum Gasteiger partial charge on any atom is -0.302 e. The molecule has 0 aliphatic carbocycles. The molecule has 74 valence electrons. The van der Waals surface area contributed by atoms with Crippen molar-refractivity contribution in [2.45, 2.75) is 19.8 Å². The highest BCUT2D eigenvalue weighted by molar-refractivity contribution is 9.11. The number of hydrogen-bond acceptors (Lipinski definition) is 1. The summed E-state index contributed by atoms with van der Waals surface area (Å²) in [7, 11) is 0. The third kappa shape index (κ3) is 1.61. The molecule has 0 spiro atoms. The van der Waals surface area contributed by atoms with Crippen LogP contribution < -0.4 is 0 Å². The van der Waals surface area contributed by atoms with Crippen molar-refractivity contribution in [2.75, 3.05) is 0 Å². The Bertz CT molecular complexity index is 474. The van der Waals surface area contributed by atoms with Crippen LogP contribution in [0.1, 0.15) is 25.6 Å². The average molecular weight is 318 g/mol. The first kappa shape index (κ1) is 10.2. The average Bonchev–Trinajstić information content (AvgIpc) is 2.44. The van der Waals surface area contributed by atoms with Crippen LogP contribution in [0, 0.1) is 0 Å². The van der Waals surface area contributed by atoms with Crippen LogP contribution in [-0.4, -0.2) is 9.38 Å². The predicted octanol–water partition coefficient (Wildman–Crippen LogP) is 3.98. The van der Waals surface area contributed by atoms with Crippen molar-refractivity contribution in [1.29, 1.82) is 0 Å². The van der Waals surface area contributed by atoms with E-state index in [1.807, 2.05) is 12.3 Å². The Morgan fingerprint density at radius 3 is 2.71 bits per heavy atom. The lowest BCUT2D eigenvalue weighted by Gasteiger charge is -2.03. The van der Waals surface area contributed by atoms with Crippen LogP contribution in [0.5, 0.6) is 0 Å². The molecule has 0 bridgehead atoms. The lowest BCUT2D eigenvalue weighted by Crippen LogP contribution is -1.95. The van der Waals surface area contributed by atoms with Crippen molar-refractivity contribution >= 4 is 37.4 Å². The standard InChI is InChI=1S/C10H10Br2N2/c1-6(2)10-13-9(12)8-5-7(11)3-4-14(8)10/h3-6H,1-2H3. The zero-order valence-electron chi connectivity index (χ0n) is 7.96. The van der Waals surface area contributed by atoms with Crippen molar-refractivity contribution in [3.05, 3.63) is 33.2 Å². The van der Waals surface area contributed by atoms with Crippen molar-refractivity contribution in [1.82, 2.24) is 9.38 Å². The van der Waals surface area contributed by atoms with E-state index in [-0.39, 0.29) is 0 Å². The van der Waals surface area contributed by atoms with Gasteiger partial charge < -0.3 is 4.40 Å². The number of rotatable bonds is 1. The van der Waals surface area contributed by atoms with Crippen LogP contribution in [0.15, 0.2) is 27.4 Å². The van der Waals surface area contributed by atoms with Crippen molar-refractivity contribution in [3.8, 4) is 0 Å². The molecule has 0 aromatic carbocycles. The van der Waals surface area contributed by atoms with Gasteiger partial charge in [0, 0.05) is 16.6 Å². The third-order valence-electron chi connectivity index (χ3n) is 2.10. The van der Waals surface area contributed by atoms with E-state index in [0.717, 1.165) is 20.4 Å². The zero-order valence-corrected chi connectivity index (χ0v) is 11.1. The number of fused-ring (bicyclic) bond motifs is 1. The van der Waals surface area contributed by atoms with Crippen LogP contribution in [0.2, 0.25) is 0 Å². The summed E-state index contributed by atoms with van der Waals surface area (Å²) < 4.78 is 4.09. The lowest BCUT2D eigenvalue weighted by molar-refractivity contribution is 0.769. The first-order valence-electron chi connectivity index (χ1n) is 4.42. The van der Waals surface area contributed by atoms with Gasteiger partial charge in [0.1, 0.15) is 10.4 Å². The summed E-state index contributed by atoms with van der Waals surface area (Å²) >= 11 is 6.92. The first-order chi connectivity index (χ1) is 6.59. The number of imidazole rings is 1. The van der Waals surface area contributed by atoms with E-state index in [0.29, 0.717) is 5.92 Å². The Labute approximate surface area is 99.6 Å². The second kappa shape index (κ2) is 3.66. The molecule has 0 unspecified atom stereocenters. The van der Waals surface area contributed by atoms with Gasteiger partial charge in [0.2, 0.25) is 0 Å². The van der Waals surface area contributed by atoms with Crippen molar-refractivity contribution in [2.24, 2.45) is 0 Å². The van der Waals surface area contributed by atoms with Gasteiger partial charge in [-0.05, 0) is 28.1 Å². The second-order valence-electron chi connectivity index (χ2n) is 3.52. The maximum atomic E-state index is 4.49. The van der Waals surface area contributed by atoms with Gasteiger partial charge in [-0.1, -0.05) is 29.8 Å². The van der Waals surface area contributed by atoms with Gasteiger partial charge in [-0.3, -0.25) is 0 Å². The number of hydrogen-bond donors (Lipinski definition) is 0. The Morgan fingerprint density at radius 2 is 2.07 bits per heavy atom. The van der Waals surface area contributed by atoms with Crippen LogP contribution in [0.3, 0.4) is 0 Å². The topological polar surface area (TPSA) is 17.3 Å². The summed E-state index contributed by atoms with van der Waals surface area (Å²) in [5.41, 5.74) is 1.10. The summed E-state index contributed by atoms with van der Waals surface area (Å²) in [5, 5.41) is 0. The molecule has 0 aliphatic heterocycles. The summed E-state index contributed by atoms with van der Waals surface area (Å²) in [4.78, 5) is 4.49. The Kier molecular flexibility index (Phi) is 2.66. The molecule has 0 fully saturated rings. The molecule has 0 saturated carbocycles. The number of nitrogens with zero attached hydrogens (tertiary/aromatic N) is 2. The summed E-state index contributed by atoms with van der Waals surface area (Å²) in [6.45, 7) is 4.28. The van der Waals surface area contributed by atoms with E-state index >= 15 is 0 Å². The summed E-state index contributed by atoms with van der Waals surface area (Å²) in [5.74, 6) is 1.51. The van der Waals surface area contributed by atoms with Gasteiger partial charge in [-0.15, -0.1) is 0 Å². The summed E-state index contributed by atoms with van der Waals surface area (Å²) in [6, 6.07) is 4.08. The van der Waals surface area contributed by atoms with Crippen LogP contribution >= 0.6 is 31.9 Å². The maximum absolute atomic E-state index is 4.49. The molecule has 0 N–H and O–H groups in total. The number of aromatic nitrogens is 2. The zero-order chi connectivity index (χ0) is 10.3. The minimum atomic E-state index is 0.426. The van der Waals surface area contributed by atoms with Gasteiger partial charge in [-0.2, -0.15) is 0 Å². The van der Waals surface area contributed by atoms with Gasteiger partial charge in [0.05, 0.1) is 5.52 Å². The SMILES string of the molecule is CC(C)c1nc(Br)c2cc(Br)ccn12. The summed E-state index contributed by atoms with van der Waals surface area (Å²) in [6.07, 6.45) is 2.03. The van der Waals surface area contributed by atoms with E-state index in [4.69, 9.17) is 0 Å². The largest absolute Gasteiger partial charge is 0.302 e. The van der Waals surface area contributed by atoms with Gasteiger partial charge in [0.15, 0.2) is 0 Å². The first-order valence-corrected chi connectivity index (χ1v) is 6.01. The smallest absolute Gasteiger partial charge is 0.132 e. The third-order valence-corrected chi connectivity index (χ3v) is 3.18. The fraction of sp³-hybridized carbons (Fsp3) is 0.300. The Hall–Kier alpha value is -0.350. The van der Waals surface area contributed by atoms with E-state index in [9.17, 15) is 0 Å². The number of halogens is 2. The molecule has 0 amide bonds. The molecule has 2 aromatic heterocycles. The molecule has 2 heterocycles. The van der Waals surface area contributed by atoms with Gasteiger partial charge in [-0.25, -0.2) is 4.98 Å². The lowest BCUT2D eigenvalue weighted by atomic mass is 10.2. The normalized spacial score (nSPS) is 11.5. The highest BCUT2D eigenvalue weighted by Gasteiger charge is 2.11. The quantitative estimate of drug-likeness (QED) is 0.777. The van der Waals surface area contributed by atoms with Gasteiger partial charge in [0.25, 0.3) is 0 Å². The Morgan fingerprint density at radius 1 is 1.36 bits per heavy atom. The molecule has 2 nitrogen and oxygen atoms in total. The molecule has 2 rings (SSSR count). The molecule has 14 heavy (non-hydrogen) atoms. The molecule has 4 heteroatoms. The Balaban J connectivity index is 2.77. The van der Waals surface area contributed by atoms with Gasteiger partial charge >= 0.3 is 0 Å². The highest BCUT2D eigenvalue weighted by Crippen LogP contribution is 2.25. The highest BCUT2D eigenvalue weighted by atomic mass is 79.9. The van der Waals surface area contributed by atoms with Crippen LogP contribution in [-0.2, 0) is 0 Å². The van der Waals surface area contributed by atoms with Crippen LogP contribution in [0.25, 0.3) is 5.52 Å². The molecule has 0 atom stereocenters. The van der Waals surface area contributed by atoms with E-state index < -0.39 is 0 Å².